The number of halogens is 1. The van der Waals surface area contributed by atoms with E-state index in [2.05, 4.69) is 0 Å². The number of Topliss-reactive ketones (excluding diaryl/α,β-unsaturated/α-hetero) is 1. The van der Waals surface area contributed by atoms with E-state index in [0.717, 1.165) is 0 Å². The van der Waals surface area contributed by atoms with Crippen LogP contribution in [0.2, 0.25) is 0 Å². The molecule has 1 rings (SSSR count). The minimum atomic E-state index is -0.409. The van der Waals surface area contributed by atoms with Gasteiger partial charge in [0, 0.05) is 25.4 Å². The van der Waals surface area contributed by atoms with Gasteiger partial charge in [0.25, 0.3) is 0 Å². The van der Waals surface area contributed by atoms with Gasteiger partial charge in [-0.05, 0) is 31.2 Å². The number of rotatable bonds is 3. The van der Waals surface area contributed by atoms with Crippen LogP contribution in [0.15, 0.2) is 35.5 Å². The molecule has 0 saturated heterocycles. The van der Waals surface area contributed by atoms with E-state index < -0.39 is 11.6 Å². The highest BCUT2D eigenvalue weighted by molar-refractivity contribution is 6.11. The van der Waals surface area contributed by atoms with Crippen LogP contribution >= 0.6 is 0 Å². The molecule has 0 aliphatic carbocycles. The zero-order valence-electron chi connectivity index (χ0n) is 9.99. The summed E-state index contributed by atoms with van der Waals surface area (Å²) in [4.78, 5) is 13.7. The zero-order valence-corrected chi connectivity index (χ0v) is 9.99. The predicted molar refractivity (Wildman–Crippen MR) is 62.7 cm³/mol. The Balaban J connectivity index is 3.17. The number of ketones is 1. The number of carbonyl (C=O) groups is 1. The number of nitriles is 1. The Kier molecular flexibility index (Phi) is 4.00. The van der Waals surface area contributed by atoms with Gasteiger partial charge in [-0.3, -0.25) is 4.79 Å². The third-order valence-electron chi connectivity index (χ3n) is 2.48. The number of hydrogen-bond donors (Lipinski definition) is 0. The van der Waals surface area contributed by atoms with Crippen molar-refractivity contribution in [2.75, 3.05) is 14.1 Å². The molecule has 0 aromatic heterocycles. The fourth-order valence-corrected chi connectivity index (χ4v) is 1.27. The Morgan fingerprint density at radius 3 is 2.24 bits per heavy atom. The van der Waals surface area contributed by atoms with Crippen LogP contribution in [0.4, 0.5) is 4.39 Å². The average Bonchev–Trinajstić information content (AvgIpc) is 2.30. The Morgan fingerprint density at radius 1 is 1.29 bits per heavy atom. The van der Waals surface area contributed by atoms with E-state index in [-0.39, 0.29) is 5.57 Å². The number of allylic oxidation sites excluding steroid dienone is 2. The van der Waals surface area contributed by atoms with E-state index in [0.29, 0.717) is 11.3 Å². The van der Waals surface area contributed by atoms with Gasteiger partial charge in [-0.2, -0.15) is 5.26 Å². The first-order chi connectivity index (χ1) is 7.97. The molecule has 17 heavy (non-hydrogen) atoms. The first-order valence-corrected chi connectivity index (χ1v) is 5.06. The van der Waals surface area contributed by atoms with Gasteiger partial charge in [0.1, 0.15) is 17.5 Å². The molecule has 0 fully saturated rings. The number of carbonyl (C=O) groups excluding carboxylic acids is 1. The molecule has 1 aromatic rings. The lowest BCUT2D eigenvalue weighted by Crippen LogP contribution is -2.15. The molecule has 4 heteroatoms. The third-order valence-corrected chi connectivity index (χ3v) is 2.48. The van der Waals surface area contributed by atoms with Crippen molar-refractivity contribution in [3.63, 3.8) is 0 Å². The molecule has 0 spiro atoms. The van der Waals surface area contributed by atoms with Crippen molar-refractivity contribution in [2.24, 2.45) is 0 Å². The molecule has 3 nitrogen and oxygen atoms in total. The SMILES string of the molecule is CC(=C(C#N)C(=O)c1ccc(F)cc1)N(C)C. The van der Waals surface area contributed by atoms with Gasteiger partial charge >= 0.3 is 0 Å². The van der Waals surface area contributed by atoms with Crippen LogP contribution in [-0.4, -0.2) is 24.8 Å². The lowest BCUT2D eigenvalue weighted by atomic mass is 10.0. The van der Waals surface area contributed by atoms with Gasteiger partial charge in [-0.1, -0.05) is 0 Å². The number of benzene rings is 1. The maximum atomic E-state index is 12.7. The molecule has 0 N–H and O–H groups in total. The monoisotopic (exact) mass is 232 g/mol. The van der Waals surface area contributed by atoms with Gasteiger partial charge in [0.05, 0.1) is 0 Å². The van der Waals surface area contributed by atoms with Crippen molar-refractivity contribution in [3.8, 4) is 6.07 Å². The van der Waals surface area contributed by atoms with Gasteiger partial charge in [0.2, 0.25) is 5.78 Å². The lowest BCUT2D eigenvalue weighted by Gasteiger charge is -2.14. The standard InChI is InChI=1S/C13H13FN2O/c1-9(16(2)3)12(8-15)13(17)10-4-6-11(14)7-5-10/h4-7H,1-3H3. The molecule has 0 radical (unpaired) electrons. The topological polar surface area (TPSA) is 44.1 Å². The zero-order chi connectivity index (χ0) is 13.0. The Bertz CT molecular complexity index is 495. The Morgan fingerprint density at radius 2 is 1.82 bits per heavy atom. The van der Waals surface area contributed by atoms with Gasteiger partial charge in [-0.25, -0.2) is 4.39 Å². The quantitative estimate of drug-likeness (QED) is 0.456. The molecule has 0 aliphatic rings. The van der Waals surface area contributed by atoms with Crippen LogP contribution in [0.5, 0.6) is 0 Å². The Labute approximate surface area is 99.8 Å². The maximum absolute atomic E-state index is 12.7. The minimum Gasteiger partial charge on any atom is -0.380 e. The molecule has 0 unspecified atom stereocenters. The average molecular weight is 232 g/mol. The number of hydrogen-bond acceptors (Lipinski definition) is 3. The van der Waals surface area contributed by atoms with E-state index in [9.17, 15) is 9.18 Å². The van der Waals surface area contributed by atoms with E-state index in [1.807, 2.05) is 6.07 Å². The molecular formula is C13H13FN2O. The summed E-state index contributed by atoms with van der Waals surface area (Å²) in [5.74, 6) is -0.799. The van der Waals surface area contributed by atoms with Crippen LogP contribution in [0.25, 0.3) is 0 Å². The van der Waals surface area contributed by atoms with Crippen LogP contribution in [0.1, 0.15) is 17.3 Å². The molecule has 0 atom stereocenters. The second-order valence-corrected chi connectivity index (χ2v) is 3.80. The second-order valence-electron chi connectivity index (χ2n) is 3.80. The van der Waals surface area contributed by atoms with Crippen LogP contribution in [0, 0.1) is 17.1 Å². The van der Waals surface area contributed by atoms with E-state index >= 15 is 0 Å². The summed E-state index contributed by atoms with van der Waals surface area (Å²) in [5.41, 5.74) is 0.965. The highest BCUT2D eigenvalue weighted by Crippen LogP contribution is 2.13. The second kappa shape index (κ2) is 5.26. The highest BCUT2D eigenvalue weighted by atomic mass is 19.1. The molecular weight excluding hydrogens is 219 g/mol. The smallest absolute Gasteiger partial charge is 0.205 e. The fourth-order valence-electron chi connectivity index (χ4n) is 1.27. The molecule has 88 valence electrons. The largest absolute Gasteiger partial charge is 0.380 e. The van der Waals surface area contributed by atoms with Crippen molar-refractivity contribution in [1.82, 2.24) is 4.90 Å². The summed E-state index contributed by atoms with van der Waals surface area (Å²) in [6.45, 7) is 1.69. The maximum Gasteiger partial charge on any atom is 0.205 e. The summed E-state index contributed by atoms with van der Waals surface area (Å²) in [7, 11) is 3.51. The first kappa shape index (κ1) is 12.9. The molecule has 0 bridgehead atoms. The van der Waals surface area contributed by atoms with Gasteiger partial charge < -0.3 is 4.90 Å². The number of nitrogens with zero attached hydrogens (tertiary/aromatic N) is 2. The van der Waals surface area contributed by atoms with Crippen LogP contribution in [0.3, 0.4) is 0 Å². The molecule has 0 amide bonds. The first-order valence-electron chi connectivity index (χ1n) is 5.06. The van der Waals surface area contributed by atoms with E-state index in [4.69, 9.17) is 5.26 Å². The summed E-state index contributed by atoms with van der Waals surface area (Å²) in [6, 6.07) is 7.04. The van der Waals surface area contributed by atoms with E-state index in [1.165, 1.54) is 24.3 Å². The summed E-state index contributed by atoms with van der Waals surface area (Å²) >= 11 is 0. The van der Waals surface area contributed by atoms with Crippen molar-refractivity contribution in [3.05, 3.63) is 46.9 Å². The summed E-state index contributed by atoms with van der Waals surface area (Å²) < 4.78 is 12.7. The van der Waals surface area contributed by atoms with Crippen molar-refractivity contribution in [1.29, 1.82) is 5.26 Å². The van der Waals surface area contributed by atoms with Gasteiger partial charge in [-0.15, -0.1) is 0 Å². The minimum absolute atomic E-state index is 0.0709. The third kappa shape index (κ3) is 2.91. The lowest BCUT2D eigenvalue weighted by molar-refractivity contribution is 0.103. The molecule has 1 aromatic carbocycles. The van der Waals surface area contributed by atoms with Crippen molar-refractivity contribution in [2.45, 2.75) is 6.92 Å². The fraction of sp³-hybridized carbons (Fsp3) is 0.231. The summed E-state index contributed by atoms with van der Waals surface area (Å²) in [5, 5.41) is 9.00. The van der Waals surface area contributed by atoms with Crippen molar-refractivity contribution < 1.29 is 9.18 Å². The normalized spacial score (nSPS) is 11.5. The van der Waals surface area contributed by atoms with Crippen LogP contribution in [-0.2, 0) is 0 Å². The molecule has 0 heterocycles. The van der Waals surface area contributed by atoms with Gasteiger partial charge in [0.15, 0.2) is 0 Å². The van der Waals surface area contributed by atoms with E-state index in [1.54, 1.807) is 25.9 Å². The highest BCUT2D eigenvalue weighted by Gasteiger charge is 2.15. The Hall–Kier alpha value is -2.15. The van der Waals surface area contributed by atoms with Crippen molar-refractivity contribution >= 4 is 5.78 Å². The molecule has 0 saturated carbocycles. The summed E-state index contributed by atoms with van der Waals surface area (Å²) in [6.07, 6.45) is 0. The predicted octanol–water partition coefficient (Wildman–Crippen LogP) is 2.37. The molecule has 0 aliphatic heterocycles. The van der Waals surface area contributed by atoms with Crippen LogP contribution < -0.4 is 0 Å².